The first kappa shape index (κ1) is 8.28. The zero-order chi connectivity index (χ0) is 9.26. The van der Waals surface area contributed by atoms with Crippen molar-refractivity contribution in [2.45, 2.75) is 25.4 Å². The quantitative estimate of drug-likeness (QED) is 0.644. The highest BCUT2D eigenvalue weighted by Gasteiger charge is 2.15. The van der Waals surface area contributed by atoms with Crippen molar-refractivity contribution in [2.75, 3.05) is 0 Å². The average molecular weight is 173 g/mol. The number of aryl methyl sites for hydroxylation is 1. The molecule has 1 N–H and O–H groups in total. The number of aliphatic hydroxyl groups is 1. The molecular formula is C11H11NO. The summed E-state index contributed by atoms with van der Waals surface area (Å²) >= 11 is 0. The van der Waals surface area contributed by atoms with Gasteiger partial charge in [0.25, 0.3) is 0 Å². The Labute approximate surface area is 77.4 Å². The topological polar surface area (TPSA) is 44.0 Å². The summed E-state index contributed by atoms with van der Waals surface area (Å²) in [6.07, 6.45) is 2.26. The molecule has 13 heavy (non-hydrogen) atoms. The largest absolute Gasteiger partial charge is 0.393 e. The van der Waals surface area contributed by atoms with E-state index in [1.54, 1.807) is 0 Å². The minimum atomic E-state index is -0.194. The molecule has 2 heteroatoms. The maximum atomic E-state index is 9.42. The zero-order valence-corrected chi connectivity index (χ0v) is 7.33. The van der Waals surface area contributed by atoms with Gasteiger partial charge in [0.15, 0.2) is 0 Å². The van der Waals surface area contributed by atoms with E-state index in [0.717, 1.165) is 24.8 Å². The number of aliphatic hydroxyl groups excluding tert-OH is 1. The van der Waals surface area contributed by atoms with E-state index in [1.807, 2.05) is 18.2 Å². The van der Waals surface area contributed by atoms with Crippen molar-refractivity contribution in [3.8, 4) is 6.07 Å². The molecule has 0 aliphatic heterocycles. The van der Waals surface area contributed by atoms with Gasteiger partial charge >= 0.3 is 0 Å². The van der Waals surface area contributed by atoms with Crippen molar-refractivity contribution in [3.63, 3.8) is 0 Å². The van der Waals surface area contributed by atoms with E-state index >= 15 is 0 Å². The summed E-state index contributed by atoms with van der Waals surface area (Å²) in [5.74, 6) is 0. The third kappa shape index (κ3) is 1.56. The lowest BCUT2D eigenvalue weighted by Crippen LogP contribution is -2.18. The van der Waals surface area contributed by atoms with Crippen LogP contribution in [0.4, 0.5) is 0 Å². The van der Waals surface area contributed by atoms with Crippen LogP contribution in [-0.4, -0.2) is 11.2 Å². The number of hydrogen-bond acceptors (Lipinski definition) is 2. The molecule has 0 amide bonds. The highest BCUT2D eigenvalue weighted by molar-refractivity contribution is 5.39. The molecule has 0 unspecified atom stereocenters. The standard InChI is InChI=1S/C11H11NO/c12-7-8-1-2-10-6-11(13)4-3-9(10)5-8/h1-2,5,11,13H,3-4,6H2/t11-/m0/s1. The monoisotopic (exact) mass is 173 g/mol. The van der Waals surface area contributed by atoms with Crippen LogP contribution >= 0.6 is 0 Å². The van der Waals surface area contributed by atoms with Gasteiger partial charge in [-0.2, -0.15) is 5.26 Å². The van der Waals surface area contributed by atoms with Crippen molar-refractivity contribution < 1.29 is 5.11 Å². The maximum absolute atomic E-state index is 9.42. The number of rotatable bonds is 0. The summed E-state index contributed by atoms with van der Waals surface area (Å²) in [5, 5.41) is 18.1. The van der Waals surface area contributed by atoms with Crippen molar-refractivity contribution in [3.05, 3.63) is 34.9 Å². The fraction of sp³-hybridized carbons (Fsp3) is 0.364. The van der Waals surface area contributed by atoms with Crippen LogP contribution in [0.15, 0.2) is 18.2 Å². The van der Waals surface area contributed by atoms with E-state index < -0.39 is 0 Å². The lowest BCUT2D eigenvalue weighted by molar-refractivity contribution is 0.158. The van der Waals surface area contributed by atoms with Gasteiger partial charge in [0, 0.05) is 0 Å². The van der Waals surface area contributed by atoms with E-state index in [0.29, 0.717) is 0 Å². The molecule has 1 aromatic carbocycles. The highest BCUT2D eigenvalue weighted by Crippen LogP contribution is 2.22. The number of nitriles is 1. The van der Waals surface area contributed by atoms with Crippen LogP contribution in [0.25, 0.3) is 0 Å². The van der Waals surface area contributed by atoms with Gasteiger partial charge in [-0.05, 0) is 42.5 Å². The van der Waals surface area contributed by atoms with Gasteiger partial charge in [-0.25, -0.2) is 0 Å². The second-order valence-electron chi connectivity index (χ2n) is 3.49. The first-order valence-electron chi connectivity index (χ1n) is 4.49. The third-order valence-corrected chi connectivity index (χ3v) is 2.54. The fourth-order valence-electron chi connectivity index (χ4n) is 1.81. The Kier molecular flexibility index (Phi) is 2.03. The van der Waals surface area contributed by atoms with Crippen LogP contribution in [-0.2, 0) is 12.8 Å². The Morgan fingerprint density at radius 1 is 1.38 bits per heavy atom. The van der Waals surface area contributed by atoms with Gasteiger partial charge in [-0.1, -0.05) is 6.07 Å². The fourth-order valence-corrected chi connectivity index (χ4v) is 1.81. The van der Waals surface area contributed by atoms with E-state index in [-0.39, 0.29) is 6.10 Å². The molecule has 0 spiro atoms. The first-order valence-corrected chi connectivity index (χ1v) is 4.49. The average Bonchev–Trinajstić information content (AvgIpc) is 2.17. The SMILES string of the molecule is N#Cc1ccc2c(c1)CC[C@H](O)C2. The predicted molar refractivity (Wildman–Crippen MR) is 49.2 cm³/mol. The van der Waals surface area contributed by atoms with E-state index in [1.165, 1.54) is 11.1 Å². The Morgan fingerprint density at radius 3 is 3.00 bits per heavy atom. The van der Waals surface area contributed by atoms with Gasteiger partial charge in [0.05, 0.1) is 17.7 Å². The molecule has 0 saturated heterocycles. The lowest BCUT2D eigenvalue weighted by Gasteiger charge is -2.20. The second kappa shape index (κ2) is 3.20. The molecule has 2 nitrogen and oxygen atoms in total. The second-order valence-corrected chi connectivity index (χ2v) is 3.49. The van der Waals surface area contributed by atoms with Crippen molar-refractivity contribution in [2.24, 2.45) is 0 Å². The number of fused-ring (bicyclic) bond motifs is 1. The van der Waals surface area contributed by atoms with E-state index in [9.17, 15) is 5.11 Å². The van der Waals surface area contributed by atoms with E-state index in [4.69, 9.17) is 5.26 Å². The highest BCUT2D eigenvalue weighted by atomic mass is 16.3. The molecule has 66 valence electrons. The molecule has 1 aliphatic carbocycles. The number of nitrogens with zero attached hydrogens (tertiary/aromatic N) is 1. The van der Waals surface area contributed by atoms with Crippen LogP contribution in [0.5, 0.6) is 0 Å². The molecule has 0 heterocycles. The normalized spacial score (nSPS) is 20.5. The van der Waals surface area contributed by atoms with Crippen LogP contribution in [0.2, 0.25) is 0 Å². The minimum Gasteiger partial charge on any atom is -0.393 e. The molecule has 0 fully saturated rings. The van der Waals surface area contributed by atoms with Gasteiger partial charge in [0.2, 0.25) is 0 Å². The number of hydrogen-bond donors (Lipinski definition) is 1. The van der Waals surface area contributed by atoms with Crippen LogP contribution in [0.3, 0.4) is 0 Å². The Bertz CT molecular complexity index is 365. The summed E-state index contributed by atoms with van der Waals surface area (Å²) in [5.41, 5.74) is 3.14. The predicted octanol–water partition coefficient (Wildman–Crippen LogP) is 1.41. The molecule has 0 aromatic heterocycles. The van der Waals surface area contributed by atoms with Gasteiger partial charge < -0.3 is 5.11 Å². The van der Waals surface area contributed by atoms with Gasteiger partial charge in [0.1, 0.15) is 0 Å². The van der Waals surface area contributed by atoms with E-state index in [2.05, 4.69) is 6.07 Å². The molecule has 1 aromatic rings. The van der Waals surface area contributed by atoms with Crippen molar-refractivity contribution in [1.29, 1.82) is 5.26 Å². The summed E-state index contributed by atoms with van der Waals surface area (Å²) < 4.78 is 0. The Balaban J connectivity index is 2.38. The smallest absolute Gasteiger partial charge is 0.0991 e. The third-order valence-electron chi connectivity index (χ3n) is 2.54. The zero-order valence-electron chi connectivity index (χ0n) is 7.33. The van der Waals surface area contributed by atoms with Gasteiger partial charge in [-0.15, -0.1) is 0 Å². The molecule has 0 bridgehead atoms. The van der Waals surface area contributed by atoms with Crippen LogP contribution < -0.4 is 0 Å². The van der Waals surface area contributed by atoms with Crippen LogP contribution in [0.1, 0.15) is 23.1 Å². The lowest BCUT2D eigenvalue weighted by atomic mass is 9.89. The molecule has 0 saturated carbocycles. The molecule has 0 radical (unpaired) electrons. The molecule has 1 aliphatic rings. The van der Waals surface area contributed by atoms with Crippen LogP contribution in [0, 0.1) is 11.3 Å². The number of benzene rings is 1. The summed E-state index contributed by atoms with van der Waals surface area (Å²) in [6, 6.07) is 7.83. The first-order chi connectivity index (χ1) is 6.29. The minimum absolute atomic E-state index is 0.194. The van der Waals surface area contributed by atoms with Gasteiger partial charge in [-0.3, -0.25) is 0 Å². The summed E-state index contributed by atoms with van der Waals surface area (Å²) in [4.78, 5) is 0. The van der Waals surface area contributed by atoms with Crippen molar-refractivity contribution >= 4 is 0 Å². The maximum Gasteiger partial charge on any atom is 0.0991 e. The molecule has 1 atom stereocenters. The van der Waals surface area contributed by atoms with Crippen molar-refractivity contribution in [1.82, 2.24) is 0 Å². The summed E-state index contributed by atoms with van der Waals surface area (Å²) in [6.45, 7) is 0. The summed E-state index contributed by atoms with van der Waals surface area (Å²) in [7, 11) is 0. The molecular weight excluding hydrogens is 162 g/mol. The Hall–Kier alpha value is -1.33. The Morgan fingerprint density at radius 2 is 2.23 bits per heavy atom. The molecule has 2 rings (SSSR count).